The van der Waals surface area contributed by atoms with E-state index >= 15 is 0 Å². The first kappa shape index (κ1) is 10.9. The molecule has 3 N–H and O–H groups in total. The molecule has 0 aliphatic carbocycles. The van der Waals surface area contributed by atoms with Crippen molar-refractivity contribution in [1.82, 2.24) is 15.2 Å². The summed E-state index contributed by atoms with van der Waals surface area (Å²) < 4.78 is 0. The van der Waals surface area contributed by atoms with Crippen LogP contribution in [0.2, 0.25) is 0 Å². The summed E-state index contributed by atoms with van der Waals surface area (Å²) in [6.07, 6.45) is 0.991. The van der Waals surface area contributed by atoms with E-state index in [0.717, 1.165) is 19.5 Å². The second-order valence-electron chi connectivity index (χ2n) is 4.17. The summed E-state index contributed by atoms with van der Waals surface area (Å²) in [4.78, 5) is 18.0. The van der Waals surface area contributed by atoms with E-state index in [1.54, 1.807) is 18.2 Å². The lowest BCUT2D eigenvalue weighted by molar-refractivity contribution is 0.0933. The number of anilines is 1. The van der Waals surface area contributed by atoms with Crippen molar-refractivity contribution in [3.8, 4) is 0 Å². The Balaban J connectivity index is 1.98. The summed E-state index contributed by atoms with van der Waals surface area (Å²) >= 11 is 0. The van der Waals surface area contributed by atoms with Crippen LogP contribution in [0.3, 0.4) is 0 Å². The normalized spacial score (nSPS) is 20.9. The fourth-order valence-electron chi connectivity index (χ4n) is 1.89. The van der Waals surface area contributed by atoms with Crippen molar-refractivity contribution < 1.29 is 4.79 Å². The van der Waals surface area contributed by atoms with Crippen LogP contribution >= 0.6 is 0 Å². The van der Waals surface area contributed by atoms with Crippen LogP contribution < -0.4 is 11.1 Å². The molecule has 2 heterocycles. The van der Waals surface area contributed by atoms with Crippen molar-refractivity contribution in [3.63, 3.8) is 0 Å². The van der Waals surface area contributed by atoms with Crippen molar-refractivity contribution in [1.29, 1.82) is 0 Å². The van der Waals surface area contributed by atoms with Gasteiger partial charge in [-0.3, -0.25) is 4.79 Å². The van der Waals surface area contributed by atoms with Gasteiger partial charge in [-0.2, -0.15) is 0 Å². The predicted octanol–water partition coefficient (Wildman–Crippen LogP) is 0.0977. The fourth-order valence-corrected chi connectivity index (χ4v) is 1.89. The second kappa shape index (κ2) is 4.49. The monoisotopic (exact) mass is 220 g/mol. The van der Waals surface area contributed by atoms with Gasteiger partial charge in [-0.25, -0.2) is 4.98 Å². The van der Waals surface area contributed by atoms with Gasteiger partial charge in [0.15, 0.2) is 0 Å². The average molecular weight is 220 g/mol. The fraction of sp³-hybridized carbons (Fsp3) is 0.455. The molecule has 1 aliphatic heterocycles. The molecule has 1 unspecified atom stereocenters. The maximum absolute atomic E-state index is 11.8. The highest BCUT2D eigenvalue weighted by Crippen LogP contribution is 2.07. The number of carbonyl (C=O) groups excluding carboxylic acids is 1. The number of hydrogen-bond donors (Lipinski definition) is 2. The van der Waals surface area contributed by atoms with Gasteiger partial charge in [-0.1, -0.05) is 6.07 Å². The molecule has 1 atom stereocenters. The van der Waals surface area contributed by atoms with Crippen molar-refractivity contribution in [2.45, 2.75) is 12.5 Å². The third kappa shape index (κ3) is 2.49. The number of nitrogens with zero attached hydrogens (tertiary/aromatic N) is 2. The number of nitrogen functional groups attached to an aromatic ring is 1. The maximum Gasteiger partial charge on any atom is 0.270 e. The Morgan fingerprint density at radius 1 is 1.62 bits per heavy atom. The molecule has 16 heavy (non-hydrogen) atoms. The molecule has 86 valence electrons. The number of rotatable bonds is 2. The number of hydrogen-bond acceptors (Lipinski definition) is 4. The number of amides is 1. The topological polar surface area (TPSA) is 71.2 Å². The largest absolute Gasteiger partial charge is 0.384 e. The van der Waals surface area contributed by atoms with E-state index in [1.807, 2.05) is 7.05 Å². The van der Waals surface area contributed by atoms with Gasteiger partial charge in [0.2, 0.25) is 0 Å². The molecule has 2 rings (SSSR count). The zero-order chi connectivity index (χ0) is 11.5. The van der Waals surface area contributed by atoms with Crippen molar-refractivity contribution in [2.75, 3.05) is 25.9 Å². The Bertz CT molecular complexity index is 393. The maximum atomic E-state index is 11.8. The number of pyridine rings is 1. The summed E-state index contributed by atoms with van der Waals surface area (Å²) in [6, 6.07) is 5.29. The van der Waals surface area contributed by atoms with Crippen LogP contribution in [0.15, 0.2) is 18.2 Å². The molecule has 5 heteroatoms. The van der Waals surface area contributed by atoms with Crippen LogP contribution in [0, 0.1) is 0 Å². The molecule has 0 aromatic carbocycles. The van der Waals surface area contributed by atoms with Gasteiger partial charge in [-0.15, -0.1) is 0 Å². The highest BCUT2D eigenvalue weighted by Gasteiger charge is 2.21. The van der Waals surface area contributed by atoms with E-state index in [4.69, 9.17) is 5.73 Å². The van der Waals surface area contributed by atoms with E-state index < -0.39 is 0 Å². The van der Waals surface area contributed by atoms with E-state index in [0.29, 0.717) is 11.5 Å². The summed E-state index contributed by atoms with van der Waals surface area (Å²) in [6.45, 7) is 1.92. The number of nitrogens with one attached hydrogen (secondary N) is 1. The number of nitrogens with two attached hydrogens (primary N) is 1. The first-order valence-electron chi connectivity index (χ1n) is 5.37. The molecule has 1 saturated heterocycles. The lowest BCUT2D eigenvalue weighted by Gasteiger charge is -2.12. The molecule has 0 saturated carbocycles. The number of carbonyl (C=O) groups is 1. The lowest BCUT2D eigenvalue weighted by atomic mass is 10.2. The minimum atomic E-state index is -0.146. The van der Waals surface area contributed by atoms with Crippen LogP contribution in [0.1, 0.15) is 16.9 Å². The number of aromatic nitrogens is 1. The highest BCUT2D eigenvalue weighted by molar-refractivity contribution is 5.92. The Morgan fingerprint density at radius 3 is 3.06 bits per heavy atom. The van der Waals surface area contributed by atoms with Crippen molar-refractivity contribution in [2.24, 2.45) is 0 Å². The van der Waals surface area contributed by atoms with Gasteiger partial charge < -0.3 is 16.0 Å². The van der Waals surface area contributed by atoms with Gasteiger partial charge in [0.25, 0.3) is 5.91 Å². The second-order valence-corrected chi connectivity index (χ2v) is 4.17. The van der Waals surface area contributed by atoms with Crippen LogP contribution in [-0.4, -0.2) is 42.0 Å². The molecule has 5 nitrogen and oxygen atoms in total. The Hall–Kier alpha value is -1.62. The highest BCUT2D eigenvalue weighted by atomic mass is 16.1. The summed E-state index contributed by atoms with van der Waals surface area (Å²) in [5.41, 5.74) is 5.91. The van der Waals surface area contributed by atoms with Crippen LogP contribution in [-0.2, 0) is 0 Å². The molecule has 1 fully saturated rings. The average Bonchev–Trinajstić information content (AvgIpc) is 2.64. The minimum absolute atomic E-state index is 0.146. The summed E-state index contributed by atoms with van der Waals surface area (Å²) in [7, 11) is 2.05. The number of likely N-dealkylation sites (tertiary alicyclic amines) is 1. The zero-order valence-corrected chi connectivity index (χ0v) is 9.31. The SMILES string of the molecule is CN1CCC(NC(=O)c2cccc(N)n2)C1. The van der Waals surface area contributed by atoms with Gasteiger partial charge in [0, 0.05) is 12.6 Å². The van der Waals surface area contributed by atoms with E-state index in [9.17, 15) is 4.79 Å². The Morgan fingerprint density at radius 2 is 2.44 bits per heavy atom. The van der Waals surface area contributed by atoms with Crippen LogP contribution in [0.5, 0.6) is 0 Å². The van der Waals surface area contributed by atoms with Gasteiger partial charge in [0.1, 0.15) is 11.5 Å². The van der Waals surface area contributed by atoms with Gasteiger partial charge in [-0.05, 0) is 32.1 Å². The van der Waals surface area contributed by atoms with Crippen molar-refractivity contribution >= 4 is 11.7 Å². The first-order chi connectivity index (χ1) is 7.65. The summed E-state index contributed by atoms with van der Waals surface area (Å²) in [5.74, 6) is 0.226. The van der Waals surface area contributed by atoms with Crippen LogP contribution in [0.4, 0.5) is 5.82 Å². The third-order valence-electron chi connectivity index (χ3n) is 2.73. The predicted molar refractivity (Wildman–Crippen MR) is 62.0 cm³/mol. The molecule has 0 spiro atoms. The molecular formula is C11H16N4O. The smallest absolute Gasteiger partial charge is 0.270 e. The Labute approximate surface area is 94.6 Å². The molecular weight excluding hydrogens is 204 g/mol. The molecule has 1 aromatic rings. The zero-order valence-electron chi connectivity index (χ0n) is 9.31. The van der Waals surface area contributed by atoms with E-state index in [2.05, 4.69) is 15.2 Å². The molecule has 1 aliphatic rings. The quantitative estimate of drug-likeness (QED) is 0.741. The Kier molecular flexibility index (Phi) is 3.05. The van der Waals surface area contributed by atoms with Gasteiger partial charge in [0.05, 0.1) is 0 Å². The number of likely N-dealkylation sites (N-methyl/N-ethyl adjacent to an activating group) is 1. The lowest BCUT2D eigenvalue weighted by Crippen LogP contribution is -2.36. The van der Waals surface area contributed by atoms with Crippen LogP contribution in [0.25, 0.3) is 0 Å². The minimum Gasteiger partial charge on any atom is -0.384 e. The third-order valence-corrected chi connectivity index (χ3v) is 2.73. The molecule has 1 aromatic heterocycles. The van der Waals surface area contributed by atoms with E-state index in [-0.39, 0.29) is 11.9 Å². The first-order valence-corrected chi connectivity index (χ1v) is 5.37. The van der Waals surface area contributed by atoms with Gasteiger partial charge >= 0.3 is 0 Å². The molecule has 0 bridgehead atoms. The van der Waals surface area contributed by atoms with E-state index in [1.165, 1.54) is 0 Å². The summed E-state index contributed by atoms with van der Waals surface area (Å²) in [5, 5.41) is 2.95. The molecule has 0 radical (unpaired) electrons. The molecule has 1 amide bonds. The standard InChI is InChI=1S/C11H16N4O/c1-15-6-5-8(7-15)13-11(16)9-3-2-4-10(12)14-9/h2-4,8H,5-7H2,1H3,(H2,12,14)(H,13,16). The van der Waals surface area contributed by atoms with Crippen molar-refractivity contribution in [3.05, 3.63) is 23.9 Å².